The lowest BCUT2D eigenvalue weighted by molar-refractivity contribution is 0.400. The van der Waals surface area contributed by atoms with Crippen molar-refractivity contribution >= 4 is 12.2 Å². The van der Waals surface area contributed by atoms with Crippen molar-refractivity contribution in [2.75, 3.05) is 7.05 Å². The van der Waals surface area contributed by atoms with E-state index in [-0.39, 0.29) is 0 Å². The summed E-state index contributed by atoms with van der Waals surface area (Å²) in [6.07, 6.45) is 5.64. The molecule has 5 nitrogen and oxygen atoms in total. The van der Waals surface area contributed by atoms with Crippen LogP contribution in [0.4, 0.5) is 0 Å². The molecule has 2 aromatic rings. The SMILES string of the molecule is CNC(C)Cc1noc(/C=C/c2ccc(C3CC3C)o2)n1. The van der Waals surface area contributed by atoms with Crippen LogP contribution in [0.3, 0.4) is 0 Å². The van der Waals surface area contributed by atoms with Gasteiger partial charge in [0.25, 0.3) is 5.89 Å². The van der Waals surface area contributed by atoms with Crippen LogP contribution in [0.2, 0.25) is 0 Å². The van der Waals surface area contributed by atoms with E-state index in [9.17, 15) is 0 Å². The van der Waals surface area contributed by atoms with E-state index in [1.807, 2.05) is 19.2 Å². The predicted octanol–water partition coefficient (Wildman–Crippen LogP) is 3.11. The van der Waals surface area contributed by atoms with Crippen molar-refractivity contribution in [3.05, 3.63) is 35.4 Å². The van der Waals surface area contributed by atoms with Gasteiger partial charge in [0, 0.05) is 24.5 Å². The van der Waals surface area contributed by atoms with Gasteiger partial charge in [-0.2, -0.15) is 4.98 Å². The minimum atomic E-state index is 0.326. The second-order valence-electron chi connectivity index (χ2n) is 5.84. The number of hydrogen-bond acceptors (Lipinski definition) is 5. The number of hydrogen-bond donors (Lipinski definition) is 1. The third-order valence-corrected chi connectivity index (χ3v) is 3.98. The van der Waals surface area contributed by atoms with Crippen LogP contribution in [0.25, 0.3) is 12.2 Å². The van der Waals surface area contributed by atoms with Crippen molar-refractivity contribution in [1.82, 2.24) is 15.5 Å². The maximum atomic E-state index is 5.80. The average Bonchev–Trinajstić information content (AvgIpc) is 2.91. The fraction of sp³-hybridized carbons (Fsp3) is 0.500. The standard InChI is InChI=1S/C16H21N3O2/c1-10-8-13(10)14-6-4-12(20-14)5-7-16-18-15(19-21-16)9-11(2)17-3/h4-7,10-11,13,17H,8-9H2,1-3H3/b7-5+. The van der Waals surface area contributed by atoms with Gasteiger partial charge in [-0.1, -0.05) is 12.1 Å². The minimum Gasteiger partial charge on any atom is -0.461 e. The van der Waals surface area contributed by atoms with Gasteiger partial charge in [0.2, 0.25) is 0 Å². The third kappa shape index (κ3) is 3.42. The van der Waals surface area contributed by atoms with Gasteiger partial charge in [-0.3, -0.25) is 0 Å². The topological polar surface area (TPSA) is 64.1 Å². The lowest BCUT2D eigenvalue weighted by Crippen LogP contribution is -2.24. The van der Waals surface area contributed by atoms with Gasteiger partial charge in [0.1, 0.15) is 11.5 Å². The Bertz CT molecular complexity index is 629. The Hall–Kier alpha value is -1.88. The van der Waals surface area contributed by atoms with Crippen LogP contribution >= 0.6 is 0 Å². The molecule has 1 saturated carbocycles. The first-order valence-electron chi connectivity index (χ1n) is 7.43. The summed E-state index contributed by atoms with van der Waals surface area (Å²) in [7, 11) is 1.92. The first-order chi connectivity index (χ1) is 10.2. The molecule has 1 aliphatic carbocycles. The van der Waals surface area contributed by atoms with Gasteiger partial charge in [-0.25, -0.2) is 0 Å². The molecular weight excluding hydrogens is 266 g/mol. The highest BCUT2D eigenvalue weighted by molar-refractivity contribution is 5.63. The normalized spacial score (nSPS) is 22.8. The summed E-state index contributed by atoms with van der Waals surface area (Å²) in [5.74, 6) is 4.48. The van der Waals surface area contributed by atoms with Gasteiger partial charge in [0.05, 0.1) is 0 Å². The number of likely N-dealkylation sites (N-methyl/N-ethyl adjacent to an activating group) is 1. The monoisotopic (exact) mass is 287 g/mol. The number of nitrogens with zero attached hydrogens (tertiary/aromatic N) is 2. The van der Waals surface area contributed by atoms with Crippen molar-refractivity contribution in [1.29, 1.82) is 0 Å². The van der Waals surface area contributed by atoms with Crippen LogP contribution in [0.5, 0.6) is 0 Å². The zero-order chi connectivity index (χ0) is 14.8. The second kappa shape index (κ2) is 5.85. The van der Waals surface area contributed by atoms with Crippen LogP contribution < -0.4 is 5.32 Å². The van der Waals surface area contributed by atoms with Crippen molar-refractivity contribution < 1.29 is 8.94 Å². The summed E-state index contributed by atoms with van der Waals surface area (Å²) >= 11 is 0. The molecule has 1 N–H and O–H groups in total. The maximum absolute atomic E-state index is 5.80. The molecule has 1 fully saturated rings. The van der Waals surface area contributed by atoms with E-state index < -0.39 is 0 Å². The molecule has 1 aliphatic rings. The molecule has 21 heavy (non-hydrogen) atoms. The molecule has 0 bridgehead atoms. The van der Waals surface area contributed by atoms with Gasteiger partial charge < -0.3 is 14.3 Å². The Labute approximate surface area is 124 Å². The van der Waals surface area contributed by atoms with Crippen LogP contribution in [0.1, 0.15) is 49.4 Å². The van der Waals surface area contributed by atoms with E-state index in [0.717, 1.165) is 23.9 Å². The quantitative estimate of drug-likeness (QED) is 0.884. The smallest absolute Gasteiger partial charge is 0.250 e. The Morgan fingerprint density at radius 3 is 2.95 bits per heavy atom. The number of rotatable bonds is 6. The highest BCUT2D eigenvalue weighted by atomic mass is 16.5. The van der Waals surface area contributed by atoms with E-state index >= 15 is 0 Å². The molecule has 112 valence electrons. The van der Waals surface area contributed by atoms with Crippen molar-refractivity contribution in [3.63, 3.8) is 0 Å². The van der Waals surface area contributed by atoms with Gasteiger partial charge in [0.15, 0.2) is 5.82 Å². The zero-order valence-electron chi connectivity index (χ0n) is 12.7. The van der Waals surface area contributed by atoms with Crippen LogP contribution in [-0.2, 0) is 6.42 Å². The predicted molar refractivity (Wildman–Crippen MR) is 80.7 cm³/mol. The number of furan rings is 1. The molecule has 0 saturated heterocycles. The van der Waals surface area contributed by atoms with Crippen LogP contribution in [0.15, 0.2) is 21.1 Å². The average molecular weight is 287 g/mol. The van der Waals surface area contributed by atoms with Gasteiger partial charge in [-0.05, 0) is 44.5 Å². The molecule has 2 heterocycles. The molecule has 5 heteroatoms. The Balaban J connectivity index is 1.61. The molecule has 3 unspecified atom stereocenters. The van der Waals surface area contributed by atoms with E-state index in [2.05, 4.69) is 35.4 Å². The van der Waals surface area contributed by atoms with Crippen molar-refractivity contribution in [3.8, 4) is 0 Å². The van der Waals surface area contributed by atoms with Gasteiger partial charge >= 0.3 is 0 Å². The summed E-state index contributed by atoms with van der Waals surface area (Å²) in [6.45, 7) is 4.32. The lowest BCUT2D eigenvalue weighted by atomic mass is 10.2. The molecule has 3 atom stereocenters. The van der Waals surface area contributed by atoms with Crippen molar-refractivity contribution in [2.45, 2.75) is 38.6 Å². The van der Waals surface area contributed by atoms with Crippen LogP contribution in [-0.4, -0.2) is 23.2 Å². The number of nitrogens with one attached hydrogen (secondary N) is 1. The molecule has 2 aromatic heterocycles. The Morgan fingerprint density at radius 1 is 1.43 bits per heavy atom. The fourth-order valence-electron chi connectivity index (χ4n) is 2.32. The molecule has 0 spiro atoms. The largest absolute Gasteiger partial charge is 0.461 e. The molecule has 0 radical (unpaired) electrons. The summed E-state index contributed by atoms with van der Waals surface area (Å²) < 4.78 is 11.0. The fourth-order valence-corrected chi connectivity index (χ4v) is 2.32. The van der Waals surface area contributed by atoms with Crippen molar-refractivity contribution in [2.24, 2.45) is 5.92 Å². The van der Waals surface area contributed by atoms with E-state index in [1.54, 1.807) is 6.08 Å². The number of aromatic nitrogens is 2. The summed E-state index contributed by atoms with van der Waals surface area (Å²) in [5, 5.41) is 7.11. The highest BCUT2D eigenvalue weighted by Crippen LogP contribution is 2.47. The molecular formula is C16H21N3O2. The summed E-state index contributed by atoms with van der Waals surface area (Å²) in [5.41, 5.74) is 0. The van der Waals surface area contributed by atoms with E-state index in [1.165, 1.54) is 6.42 Å². The first-order valence-corrected chi connectivity index (χ1v) is 7.43. The minimum absolute atomic E-state index is 0.326. The summed E-state index contributed by atoms with van der Waals surface area (Å²) in [4.78, 5) is 4.33. The Morgan fingerprint density at radius 2 is 2.24 bits per heavy atom. The molecule has 0 aliphatic heterocycles. The molecule has 0 amide bonds. The maximum Gasteiger partial charge on any atom is 0.250 e. The third-order valence-electron chi connectivity index (χ3n) is 3.98. The van der Waals surface area contributed by atoms with Crippen LogP contribution in [0, 0.1) is 5.92 Å². The van der Waals surface area contributed by atoms with Gasteiger partial charge in [-0.15, -0.1) is 0 Å². The molecule has 0 aromatic carbocycles. The Kier molecular flexibility index (Phi) is 3.92. The second-order valence-corrected chi connectivity index (χ2v) is 5.84. The van der Waals surface area contributed by atoms with E-state index in [4.69, 9.17) is 8.94 Å². The van der Waals surface area contributed by atoms with E-state index in [0.29, 0.717) is 23.7 Å². The first kappa shape index (κ1) is 14.1. The highest BCUT2D eigenvalue weighted by Gasteiger charge is 2.36. The molecule has 3 rings (SSSR count). The zero-order valence-corrected chi connectivity index (χ0v) is 12.7. The lowest BCUT2D eigenvalue weighted by Gasteiger charge is -2.04. The summed E-state index contributed by atoms with van der Waals surface area (Å²) in [6, 6.07) is 4.37.